The molecular formula is C11H14BrN3. The van der Waals surface area contributed by atoms with E-state index in [-0.39, 0.29) is 0 Å². The Morgan fingerprint density at radius 2 is 2.20 bits per heavy atom. The summed E-state index contributed by atoms with van der Waals surface area (Å²) in [5.74, 6) is 1.16. The van der Waals surface area contributed by atoms with Gasteiger partial charge in [-0.2, -0.15) is 0 Å². The van der Waals surface area contributed by atoms with Crippen molar-refractivity contribution in [2.75, 3.05) is 5.73 Å². The summed E-state index contributed by atoms with van der Waals surface area (Å²) in [5, 5.41) is 0. The maximum atomic E-state index is 5.89. The molecule has 0 fully saturated rings. The third-order valence-electron chi connectivity index (χ3n) is 2.29. The Morgan fingerprint density at radius 1 is 1.47 bits per heavy atom. The topological polar surface area (TPSA) is 43.8 Å². The normalized spacial score (nSPS) is 11.5. The predicted octanol–water partition coefficient (Wildman–Crippen LogP) is 3.04. The molecule has 0 aliphatic heterocycles. The van der Waals surface area contributed by atoms with Gasteiger partial charge in [-0.05, 0) is 24.1 Å². The molecule has 2 N–H and O–H groups in total. The van der Waals surface area contributed by atoms with E-state index >= 15 is 0 Å². The highest BCUT2D eigenvalue weighted by Crippen LogP contribution is 2.22. The van der Waals surface area contributed by atoms with E-state index in [9.17, 15) is 0 Å². The van der Waals surface area contributed by atoms with Crippen molar-refractivity contribution in [2.45, 2.75) is 20.4 Å². The number of nitrogens with zero attached hydrogens (tertiary/aromatic N) is 2. The molecule has 2 rings (SSSR count). The first-order chi connectivity index (χ1) is 7.08. The summed E-state index contributed by atoms with van der Waals surface area (Å²) in [5.41, 5.74) is 7.94. The molecule has 0 aliphatic carbocycles. The fourth-order valence-electron chi connectivity index (χ4n) is 1.68. The van der Waals surface area contributed by atoms with E-state index in [0.29, 0.717) is 11.9 Å². The summed E-state index contributed by atoms with van der Waals surface area (Å²) in [4.78, 5) is 4.34. The van der Waals surface area contributed by atoms with Crippen molar-refractivity contribution in [2.24, 2.45) is 5.92 Å². The summed E-state index contributed by atoms with van der Waals surface area (Å²) in [6, 6.07) is 6.05. The number of hydrogen-bond donors (Lipinski definition) is 1. The fraction of sp³-hybridized carbons (Fsp3) is 0.364. The number of halogens is 1. The molecule has 0 unspecified atom stereocenters. The van der Waals surface area contributed by atoms with Crippen LogP contribution >= 0.6 is 15.9 Å². The Kier molecular flexibility index (Phi) is 2.69. The Balaban J connectivity index is 2.58. The molecule has 1 aromatic heterocycles. The van der Waals surface area contributed by atoms with E-state index < -0.39 is 0 Å². The van der Waals surface area contributed by atoms with Crippen LogP contribution in [0.3, 0.4) is 0 Å². The SMILES string of the molecule is CC(C)Cn1c(N)nc2cc(Br)ccc21. The van der Waals surface area contributed by atoms with Gasteiger partial charge in [0, 0.05) is 11.0 Å². The average Bonchev–Trinajstić information content (AvgIpc) is 2.41. The van der Waals surface area contributed by atoms with Gasteiger partial charge in [-0.25, -0.2) is 4.98 Å². The van der Waals surface area contributed by atoms with Gasteiger partial charge in [0.25, 0.3) is 0 Å². The molecule has 0 radical (unpaired) electrons. The van der Waals surface area contributed by atoms with Gasteiger partial charge in [-0.1, -0.05) is 29.8 Å². The Labute approximate surface area is 97.4 Å². The lowest BCUT2D eigenvalue weighted by Crippen LogP contribution is -2.07. The Bertz CT molecular complexity index is 488. The molecule has 15 heavy (non-hydrogen) atoms. The number of rotatable bonds is 2. The van der Waals surface area contributed by atoms with Crippen molar-refractivity contribution >= 4 is 32.9 Å². The second kappa shape index (κ2) is 3.85. The highest BCUT2D eigenvalue weighted by molar-refractivity contribution is 9.10. The number of hydrogen-bond acceptors (Lipinski definition) is 2. The maximum absolute atomic E-state index is 5.89. The van der Waals surface area contributed by atoms with Crippen molar-refractivity contribution in [1.29, 1.82) is 0 Å². The van der Waals surface area contributed by atoms with Gasteiger partial charge in [0.1, 0.15) is 0 Å². The monoisotopic (exact) mass is 267 g/mol. The first kappa shape index (κ1) is 10.5. The number of fused-ring (bicyclic) bond motifs is 1. The Morgan fingerprint density at radius 3 is 2.87 bits per heavy atom. The molecular weight excluding hydrogens is 254 g/mol. The minimum absolute atomic E-state index is 0.563. The van der Waals surface area contributed by atoms with Crippen molar-refractivity contribution < 1.29 is 0 Å². The number of aromatic nitrogens is 2. The molecule has 4 heteroatoms. The summed E-state index contributed by atoms with van der Waals surface area (Å²) in [6.07, 6.45) is 0. The third kappa shape index (κ3) is 2.00. The van der Waals surface area contributed by atoms with Gasteiger partial charge < -0.3 is 10.3 Å². The van der Waals surface area contributed by atoms with Crippen molar-refractivity contribution in [3.8, 4) is 0 Å². The zero-order valence-electron chi connectivity index (χ0n) is 8.87. The van der Waals surface area contributed by atoms with Crippen molar-refractivity contribution in [3.63, 3.8) is 0 Å². The molecule has 0 bridgehead atoms. The van der Waals surface area contributed by atoms with E-state index in [2.05, 4.69) is 39.3 Å². The molecule has 0 spiro atoms. The van der Waals surface area contributed by atoms with Crippen molar-refractivity contribution in [3.05, 3.63) is 22.7 Å². The first-order valence-corrected chi connectivity index (χ1v) is 5.78. The number of nitrogens with two attached hydrogens (primary N) is 1. The summed E-state index contributed by atoms with van der Waals surface area (Å²) in [7, 11) is 0. The standard InChI is InChI=1S/C11H14BrN3/c1-7(2)6-15-10-4-3-8(12)5-9(10)14-11(15)13/h3-5,7H,6H2,1-2H3,(H2,13,14). The lowest BCUT2D eigenvalue weighted by Gasteiger charge is -2.08. The maximum Gasteiger partial charge on any atom is 0.201 e. The van der Waals surface area contributed by atoms with Crippen LogP contribution in [0.1, 0.15) is 13.8 Å². The number of benzene rings is 1. The van der Waals surface area contributed by atoms with E-state index in [1.54, 1.807) is 0 Å². The predicted molar refractivity (Wildman–Crippen MR) is 66.7 cm³/mol. The van der Waals surface area contributed by atoms with Crippen LogP contribution in [-0.4, -0.2) is 9.55 Å². The number of imidazole rings is 1. The zero-order valence-corrected chi connectivity index (χ0v) is 10.5. The number of nitrogen functional groups attached to an aromatic ring is 1. The van der Waals surface area contributed by atoms with E-state index in [4.69, 9.17) is 5.73 Å². The molecule has 0 saturated carbocycles. The molecule has 1 aromatic carbocycles. The summed E-state index contributed by atoms with van der Waals surface area (Å²) in [6.45, 7) is 5.25. The van der Waals surface area contributed by atoms with Gasteiger partial charge in [0.05, 0.1) is 11.0 Å². The minimum atomic E-state index is 0.563. The van der Waals surface area contributed by atoms with Crippen LogP contribution in [0.15, 0.2) is 22.7 Å². The highest BCUT2D eigenvalue weighted by Gasteiger charge is 2.09. The molecule has 0 atom stereocenters. The van der Waals surface area contributed by atoms with E-state index in [1.165, 1.54) is 0 Å². The van der Waals surface area contributed by atoms with E-state index in [1.807, 2.05) is 18.2 Å². The lowest BCUT2D eigenvalue weighted by atomic mass is 10.2. The lowest BCUT2D eigenvalue weighted by molar-refractivity contribution is 0.538. The second-order valence-electron chi connectivity index (χ2n) is 4.11. The molecule has 0 aliphatic rings. The van der Waals surface area contributed by atoms with Crippen LogP contribution in [-0.2, 0) is 6.54 Å². The molecule has 0 amide bonds. The highest BCUT2D eigenvalue weighted by atomic mass is 79.9. The second-order valence-corrected chi connectivity index (χ2v) is 5.02. The zero-order chi connectivity index (χ0) is 11.0. The summed E-state index contributed by atoms with van der Waals surface area (Å²) < 4.78 is 3.09. The van der Waals surface area contributed by atoms with Gasteiger partial charge in [0.2, 0.25) is 5.95 Å². The fourth-order valence-corrected chi connectivity index (χ4v) is 2.03. The van der Waals surface area contributed by atoms with Gasteiger partial charge >= 0.3 is 0 Å². The molecule has 0 saturated heterocycles. The van der Waals surface area contributed by atoms with Crippen LogP contribution in [0.4, 0.5) is 5.95 Å². The number of anilines is 1. The first-order valence-electron chi connectivity index (χ1n) is 4.99. The molecule has 1 heterocycles. The largest absolute Gasteiger partial charge is 0.369 e. The summed E-state index contributed by atoms with van der Waals surface area (Å²) >= 11 is 3.43. The molecule has 80 valence electrons. The van der Waals surface area contributed by atoms with Crippen LogP contribution in [0.2, 0.25) is 0 Å². The molecule has 3 nitrogen and oxygen atoms in total. The van der Waals surface area contributed by atoms with Gasteiger partial charge in [0.15, 0.2) is 0 Å². The smallest absolute Gasteiger partial charge is 0.201 e. The van der Waals surface area contributed by atoms with Crippen LogP contribution in [0, 0.1) is 5.92 Å². The van der Waals surface area contributed by atoms with E-state index in [0.717, 1.165) is 22.1 Å². The van der Waals surface area contributed by atoms with Gasteiger partial charge in [-0.15, -0.1) is 0 Å². The van der Waals surface area contributed by atoms with Crippen LogP contribution < -0.4 is 5.73 Å². The molecule has 2 aromatic rings. The van der Waals surface area contributed by atoms with Crippen molar-refractivity contribution in [1.82, 2.24) is 9.55 Å². The Hall–Kier alpha value is -1.03. The minimum Gasteiger partial charge on any atom is -0.369 e. The van der Waals surface area contributed by atoms with Crippen LogP contribution in [0.25, 0.3) is 11.0 Å². The quantitative estimate of drug-likeness (QED) is 0.909. The average molecular weight is 268 g/mol. The third-order valence-corrected chi connectivity index (χ3v) is 2.78. The van der Waals surface area contributed by atoms with Gasteiger partial charge in [-0.3, -0.25) is 0 Å². The van der Waals surface area contributed by atoms with Crippen LogP contribution in [0.5, 0.6) is 0 Å².